The Morgan fingerprint density at radius 3 is 2.12 bits per heavy atom. The first-order valence-corrected chi connectivity index (χ1v) is 3.04. The summed E-state index contributed by atoms with van der Waals surface area (Å²) < 4.78 is 0. The monoisotopic (exact) mass is 116 g/mol. The first kappa shape index (κ1) is 6.01. The van der Waals surface area contributed by atoms with E-state index in [-0.39, 0.29) is 0 Å². The maximum absolute atomic E-state index is 8.87. The Morgan fingerprint density at radius 1 is 1.12 bits per heavy atom. The molecule has 1 fully saturated rings. The van der Waals surface area contributed by atoms with Crippen LogP contribution in [-0.2, 0) is 0 Å². The zero-order valence-electron chi connectivity index (χ0n) is 4.85. The lowest BCUT2D eigenvalue weighted by atomic mass is 10.3. The van der Waals surface area contributed by atoms with Gasteiger partial charge in [0.05, 0.1) is 0 Å². The van der Waals surface area contributed by atoms with Gasteiger partial charge in [0.25, 0.3) is 0 Å². The van der Waals surface area contributed by atoms with E-state index in [0.29, 0.717) is 0 Å². The Hall–Kier alpha value is -0.120. The molecule has 1 aliphatic rings. The quantitative estimate of drug-likeness (QED) is 0.389. The van der Waals surface area contributed by atoms with E-state index in [4.69, 9.17) is 5.11 Å². The van der Waals surface area contributed by atoms with E-state index in [1.807, 2.05) is 0 Å². The van der Waals surface area contributed by atoms with Gasteiger partial charge >= 0.3 is 0 Å². The van der Waals surface area contributed by atoms with E-state index >= 15 is 0 Å². The third-order valence-electron chi connectivity index (χ3n) is 1.28. The predicted molar refractivity (Wildman–Crippen MR) is 31.2 cm³/mol. The van der Waals surface area contributed by atoms with Crippen molar-refractivity contribution >= 4 is 0 Å². The number of aliphatic hydroxyl groups is 1. The van der Waals surface area contributed by atoms with Gasteiger partial charge in [0, 0.05) is 0 Å². The van der Waals surface area contributed by atoms with E-state index < -0.39 is 6.35 Å². The van der Waals surface area contributed by atoms with Crippen molar-refractivity contribution in [3.05, 3.63) is 0 Å². The fourth-order valence-corrected chi connectivity index (χ4v) is 0.800. The van der Waals surface area contributed by atoms with Gasteiger partial charge in [0.15, 0.2) is 6.35 Å². The van der Waals surface area contributed by atoms with E-state index in [1.165, 1.54) is 0 Å². The lowest BCUT2D eigenvalue weighted by Crippen LogP contribution is -2.40. The molecule has 0 bridgehead atoms. The van der Waals surface area contributed by atoms with Crippen LogP contribution in [0.25, 0.3) is 0 Å². The van der Waals surface area contributed by atoms with E-state index in [1.54, 1.807) is 0 Å². The molecule has 0 aromatic rings. The third kappa shape index (κ3) is 1.78. The van der Waals surface area contributed by atoms with Gasteiger partial charge < -0.3 is 5.11 Å². The van der Waals surface area contributed by atoms with Crippen LogP contribution in [0.4, 0.5) is 0 Å². The van der Waals surface area contributed by atoms with Crippen LogP contribution >= 0.6 is 0 Å². The smallest absolute Gasteiger partial charge is 0.160 e. The fraction of sp³-hybridized carbons (Fsp3) is 1.00. The Labute approximate surface area is 49.1 Å². The maximum atomic E-state index is 8.87. The highest BCUT2D eigenvalue weighted by atomic mass is 16.3. The van der Waals surface area contributed by atoms with Crippen molar-refractivity contribution < 1.29 is 5.11 Å². The predicted octanol–water partition coefficient (Wildman–Crippen LogP) is -0.765. The molecule has 0 amide bonds. The van der Waals surface area contributed by atoms with E-state index in [2.05, 4.69) is 10.6 Å². The summed E-state index contributed by atoms with van der Waals surface area (Å²) in [4.78, 5) is 0. The SMILES string of the molecule is OC1NCCCCN1. The van der Waals surface area contributed by atoms with E-state index in [9.17, 15) is 0 Å². The molecule has 0 radical (unpaired) electrons. The minimum absolute atomic E-state index is 0.475. The molecule has 48 valence electrons. The highest BCUT2D eigenvalue weighted by Crippen LogP contribution is 1.89. The zero-order chi connectivity index (χ0) is 5.82. The summed E-state index contributed by atoms with van der Waals surface area (Å²) in [5.41, 5.74) is 0. The molecule has 1 heterocycles. The van der Waals surface area contributed by atoms with Gasteiger partial charge in [0.2, 0.25) is 0 Å². The minimum atomic E-state index is -0.475. The molecule has 1 aliphatic heterocycles. The summed E-state index contributed by atoms with van der Waals surface area (Å²) in [5, 5.41) is 14.6. The summed E-state index contributed by atoms with van der Waals surface area (Å²) >= 11 is 0. The van der Waals surface area contributed by atoms with Gasteiger partial charge in [-0.1, -0.05) is 0 Å². The van der Waals surface area contributed by atoms with Gasteiger partial charge in [-0.3, -0.25) is 10.6 Å². The second kappa shape index (κ2) is 3.02. The standard InChI is InChI=1S/C5H12N2O/c8-5-6-3-1-2-4-7-5/h5-8H,1-4H2. The molecule has 1 saturated heterocycles. The minimum Gasteiger partial charge on any atom is -0.365 e. The lowest BCUT2D eigenvalue weighted by Gasteiger charge is -2.07. The molecule has 3 nitrogen and oxygen atoms in total. The van der Waals surface area contributed by atoms with Crippen LogP contribution < -0.4 is 10.6 Å². The van der Waals surface area contributed by atoms with Crippen molar-refractivity contribution in [2.75, 3.05) is 13.1 Å². The number of rotatable bonds is 0. The molecule has 3 heteroatoms. The van der Waals surface area contributed by atoms with Crippen molar-refractivity contribution in [2.24, 2.45) is 0 Å². The molecule has 0 saturated carbocycles. The largest absolute Gasteiger partial charge is 0.365 e. The van der Waals surface area contributed by atoms with Crippen molar-refractivity contribution in [3.8, 4) is 0 Å². The van der Waals surface area contributed by atoms with Crippen LogP contribution in [0.1, 0.15) is 12.8 Å². The normalized spacial score (nSPS) is 25.1. The molecule has 1 rings (SSSR count). The van der Waals surface area contributed by atoms with Crippen molar-refractivity contribution in [2.45, 2.75) is 19.2 Å². The number of hydrogen-bond donors (Lipinski definition) is 3. The Bertz CT molecular complexity index is 59.4. The molecule has 0 unspecified atom stereocenters. The molecular formula is C5H12N2O. The van der Waals surface area contributed by atoms with Gasteiger partial charge in [-0.15, -0.1) is 0 Å². The van der Waals surface area contributed by atoms with Gasteiger partial charge in [-0.2, -0.15) is 0 Å². The fourth-order valence-electron chi connectivity index (χ4n) is 0.800. The van der Waals surface area contributed by atoms with E-state index in [0.717, 1.165) is 25.9 Å². The molecule has 0 aromatic heterocycles. The summed E-state index contributed by atoms with van der Waals surface area (Å²) in [7, 11) is 0. The van der Waals surface area contributed by atoms with Crippen molar-refractivity contribution in [3.63, 3.8) is 0 Å². The first-order valence-electron chi connectivity index (χ1n) is 3.04. The summed E-state index contributed by atoms with van der Waals surface area (Å²) in [6.07, 6.45) is 1.84. The Morgan fingerprint density at radius 2 is 1.62 bits per heavy atom. The summed E-state index contributed by atoms with van der Waals surface area (Å²) in [5.74, 6) is 0. The molecule has 0 aliphatic carbocycles. The second-order valence-corrected chi connectivity index (χ2v) is 2.02. The average molecular weight is 116 g/mol. The van der Waals surface area contributed by atoms with Gasteiger partial charge in [-0.25, -0.2) is 0 Å². The van der Waals surface area contributed by atoms with Crippen molar-refractivity contribution in [1.29, 1.82) is 0 Å². The maximum Gasteiger partial charge on any atom is 0.160 e. The number of aliphatic hydroxyl groups excluding tert-OH is 1. The van der Waals surface area contributed by atoms with Gasteiger partial charge in [0.1, 0.15) is 0 Å². The summed E-state index contributed by atoms with van der Waals surface area (Å²) in [6, 6.07) is 0. The third-order valence-corrected chi connectivity index (χ3v) is 1.28. The average Bonchev–Trinajstić information content (AvgIpc) is 1.94. The molecule has 3 N–H and O–H groups in total. The highest BCUT2D eigenvalue weighted by Gasteiger charge is 2.03. The Kier molecular flexibility index (Phi) is 2.27. The molecular weight excluding hydrogens is 104 g/mol. The highest BCUT2D eigenvalue weighted by molar-refractivity contribution is 4.58. The number of hydrogen-bond acceptors (Lipinski definition) is 3. The van der Waals surface area contributed by atoms with Crippen LogP contribution in [0.2, 0.25) is 0 Å². The number of nitrogens with one attached hydrogen (secondary N) is 2. The topological polar surface area (TPSA) is 44.3 Å². The van der Waals surface area contributed by atoms with Crippen molar-refractivity contribution in [1.82, 2.24) is 10.6 Å². The van der Waals surface area contributed by atoms with Crippen LogP contribution in [0.5, 0.6) is 0 Å². The second-order valence-electron chi connectivity index (χ2n) is 2.02. The molecule has 8 heavy (non-hydrogen) atoms. The van der Waals surface area contributed by atoms with Crippen LogP contribution in [0, 0.1) is 0 Å². The van der Waals surface area contributed by atoms with Crippen LogP contribution in [-0.4, -0.2) is 24.5 Å². The summed E-state index contributed by atoms with van der Waals surface area (Å²) in [6.45, 7) is 1.85. The lowest BCUT2D eigenvalue weighted by molar-refractivity contribution is 0.111. The van der Waals surface area contributed by atoms with Gasteiger partial charge in [-0.05, 0) is 25.9 Å². The molecule has 0 atom stereocenters. The molecule has 0 aromatic carbocycles. The van der Waals surface area contributed by atoms with Crippen LogP contribution in [0.3, 0.4) is 0 Å². The molecule has 0 spiro atoms. The zero-order valence-corrected chi connectivity index (χ0v) is 4.85. The first-order chi connectivity index (χ1) is 3.89. The van der Waals surface area contributed by atoms with Crippen LogP contribution in [0.15, 0.2) is 0 Å². The Balaban J connectivity index is 2.17.